The summed E-state index contributed by atoms with van der Waals surface area (Å²) in [6.07, 6.45) is 1.74. The van der Waals surface area contributed by atoms with Crippen molar-refractivity contribution in [2.24, 2.45) is 7.05 Å². The maximum Gasteiger partial charge on any atom is 0.252 e. The van der Waals surface area contributed by atoms with Gasteiger partial charge in [0.15, 0.2) is 5.65 Å². The largest absolute Gasteiger partial charge is 0.494 e. The second-order valence-electron chi connectivity index (χ2n) is 6.34. The minimum Gasteiger partial charge on any atom is -0.494 e. The molecule has 1 N–H and O–H groups in total. The third kappa shape index (κ3) is 4.02. The Bertz CT molecular complexity index is 903. The van der Waals surface area contributed by atoms with Crippen LogP contribution in [-0.2, 0) is 7.05 Å². The Labute approximate surface area is 153 Å². The summed E-state index contributed by atoms with van der Waals surface area (Å²) in [6.45, 7) is 5.04. The molecular weight excluding hydrogens is 328 g/mol. The minimum atomic E-state index is -0.0828. The highest BCUT2D eigenvalue weighted by molar-refractivity contribution is 6.06. The van der Waals surface area contributed by atoms with Gasteiger partial charge in [-0.1, -0.05) is 18.2 Å². The number of aromatic nitrogens is 3. The van der Waals surface area contributed by atoms with Crippen molar-refractivity contribution in [2.45, 2.75) is 26.7 Å². The molecule has 0 spiro atoms. The molecule has 3 aromatic rings. The summed E-state index contributed by atoms with van der Waals surface area (Å²) in [4.78, 5) is 17.1. The number of fused-ring (bicyclic) bond motifs is 1. The quantitative estimate of drug-likeness (QED) is 0.663. The molecule has 0 bridgehead atoms. The van der Waals surface area contributed by atoms with Crippen molar-refractivity contribution in [3.05, 3.63) is 53.3 Å². The van der Waals surface area contributed by atoms with Crippen LogP contribution in [0.4, 0.5) is 0 Å². The third-order valence-electron chi connectivity index (χ3n) is 4.21. The number of pyridine rings is 1. The van der Waals surface area contributed by atoms with Crippen LogP contribution in [0.1, 0.15) is 34.6 Å². The summed E-state index contributed by atoms with van der Waals surface area (Å²) in [5, 5.41) is 8.20. The molecule has 0 radical (unpaired) electrons. The van der Waals surface area contributed by atoms with E-state index in [1.54, 1.807) is 4.68 Å². The molecule has 0 saturated carbocycles. The van der Waals surface area contributed by atoms with Crippen molar-refractivity contribution < 1.29 is 9.53 Å². The van der Waals surface area contributed by atoms with Crippen molar-refractivity contribution in [1.82, 2.24) is 20.1 Å². The zero-order chi connectivity index (χ0) is 18.5. The zero-order valence-electron chi connectivity index (χ0n) is 15.5. The first-order chi connectivity index (χ1) is 12.6. The Hall–Kier alpha value is -2.89. The highest BCUT2D eigenvalue weighted by Gasteiger charge is 2.17. The molecule has 2 heterocycles. The van der Waals surface area contributed by atoms with E-state index in [0.717, 1.165) is 41.0 Å². The Balaban J connectivity index is 1.53. The van der Waals surface area contributed by atoms with Gasteiger partial charge in [-0.25, -0.2) is 4.98 Å². The molecule has 26 heavy (non-hydrogen) atoms. The lowest BCUT2D eigenvalue weighted by molar-refractivity contribution is 0.0953. The van der Waals surface area contributed by atoms with Crippen LogP contribution in [0.2, 0.25) is 0 Å². The fraction of sp³-hybridized carbons (Fsp3) is 0.350. The van der Waals surface area contributed by atoms with E-state index >= 15 is 0 Å². The van der Waals surface area contributed by atoms with Gasteiger partial charge in [-0.05, 0) is 44.9 Å². The van der Waals surface area contributed by atoms with Crippen molar-refractivity contribution in [3.63, 3.8) is 0 Å². The molecule has 1 amide bonds. The van der Waals surface area contributed by atoms with Crippen molar-refractivity contribution in [3.8, 4) is 5.75 Å². The predicted molar refractivity (Wildman–Crippen MR) is 101 cm³/mol. The van der Waals surface area contributed by atoms with Gasteiger partial charge in [0.2, 0.25) is 0 Å². The lowest BCUT2D eigenvalue weighted by Gasteiger charge is -2.09. The van der Waals surface area contributed by atoms with Crippen molar-refractivity contribution >= 4 is 16.9 Å². The number of hydrogen-bond acceptors (Lipinski definition) is 4. The maximum atomic E-state index is 12.6. The molecular formula is C20H24N4O2. The average Bonchev–Trinajstić information content (AvgIpc) is 2.92. The number of hydrogen-bond donors (Lipinski definition) is 1. The van der Waals surface area contributed by atoms with Gasteiger partial charge in [0.05, 0.1) is 23.3 Å². The zero-order valence-corrected chi connectivity index (χ0v) is 15.5. The standard InChI is InChI=1S/C20H24N4O2/c1-14-13-17(18-15(2)23-24(3)19(18)22-14)20(25)21-11-7-8-12-26-16-9-5-4-6-10-16/h4-6,9-10,13H,7-8,11-12H2,1-3H3,(H,21,25). The number of unbranched alkanes of at least 4 members (excludes halogenated alkanes) is 1. The van der Waals surface area contributed by atoms with Gasteiger partial charge in [-0.3, -0.25) is 9.48 Å². The first kappa shape index (κ1) is 17.9. The third-order valence-corrected chi connectivity index (χ3v) is 4.21. The van der Waals surface area contributed by atoms with Gasteiger partial charge >= 0.3 is 0 Å². The van der Waals surface area contributed by atoms with Crippen LogP contribution in [0.3, 0.4) is 0 Å². The lowest BCUT2D eigenvalue weighted by atomic mass is 10.1. The van der Waals surface area contributed by atoms with Crippen LogP contribution in [0.5, 0.6) is 5.75 Å². The molecule has 6 heteroatoms. The number of nitrogens with one attached hydrogen (secondary N) is 1. The molecule has 6 nitrogen and oxygen atoms in total. The summed E-state index contributed by atoms with van der Waals surface area (Å²) in [6, 6.07) is 11.6. The second-order valence-corrected chi connectivity index (χ2v) is 6.34. The molecule has 3 rings (SSSR count). The van der Waals surface area contributed by atoms with E-state index < -0.39 is 0 Å². The van der Waals surface area contributed by atoms with Crippen LogP contribution in [0, 0.1) is 13.8 Å². The van der Waals surface area contributed by atoms with E-state index in [-0.39, 0.29) is 5.91 Å². The highest BCUT2D eigenvalue weighted by Crippen LogP contribution is 2.21. The number of nitrogens with zero attached hydrogens (tertiary/aromatic N) is 3. The summed E-state index contributed by atoms with van der Waals surface area (Å²) in [7, 11) is 1.84. The van der Waals surface area contributed by atoms with Crippen LogP contribution >= 0.6 is 0 Å². The number of rotatable bonds is 7. The van der Waals surface area contributed by atoms with Crippen molar-refractivity contribution in [1.29, 1.82) is 0 Å². The number of amides is 1. The molecule has 0 aliphatic rings. The number of carbonyl (C=O) groups excluding carboxylic acids is 1. The van der Waals surface area contributed by atoms with Gasteiger partial charge < -0.3 is 10.1 Å². The van der Waals surface area contributed by atoms with Gasteiger partial charge in [0.1, 0.15) is 5.75 Å². The Kier molecular flexibility index (Phi) is 5.51. The van der Waals surface area contributed by atoms with E-state index in [9.17, 15) is 4.79 Å². The molecule has 136 valence electrons. The molecule has 2 aromatic heterocycles. The average molecular weight is 352 g/mol. The Morgan fingerprint density at radius 3 is 2.73 bits per heavy atom. The smallest absolute Gasteiger partial charge is 0.252 e. The summed E-state index contributed by atoms with van der Waals surface area (Å²) < 4.78 is 7.38. The number of ether oxygens (including phenoxy) is 1. The number of benzene rings is 1. The topological polar surface area (TPSA) is 69.0 Å². The SMILES string of the molecule is Cc1cc(C(=O)NCCCCOc2ccccc2)c2c(C)nn(C)c2n1. The van der Waals surface area contributed by atoms with Crippen LogP contribution < -0.4 is 10.1 Å². The van der Waals surface area contributed by atoms with Crippen molar-refractivity contribution in [2.75, 3.05) is 13.2 Å². The number of para-hydroxylation sites is 1. The highest BCUT2D eigenvalue weighted by atomic mass is 16.5. The van der Waals surface area contributed by atoms with Gasteiger partial charge in [-0.15, -0.1) is 0 Å². The summed E-state index contributed by atoms with van der Waals surface area (Å²) in [5.41, 5.74) is 3.00. The first-order valence-corrected chi connectivity index (χ1v) is 8.83. The fourth-order valence-electron chi connectivity index (χ4n) is 2.98. The molecule has 1 aromatic carbocycles. The molecule has 0 saturated heterocycles. The number of carbonyl (C=O) groups is 1. The molecule has 0 fully saturated rings. The molecule has 0 aliphatic carbocycles. The second kappa shape index (κ2) is 7.99. The Morgan fingerprint density at radius 2 is 1.96 bits per heavy atom. The van der Waals surface area contributed by atoms with Gasteiger partial charge in [0, 0.05) is 19.3 Å². The number of aryl methyl sites for hydroxylation is 3. The van der Waals surface area contributed by atoms with Gasteiger partial charge in [0.25, 0.3) is 5.91 Å². The summed E-state index contributed by atoms with van der Waals surface area (Å²) >= 11 is 0. The first-order valence-electron chi connectivity index (χ1n) is 8.83. The maximum absolute atomic E-state index is 12.6. The van der Waals surface area contributed by atoms with Crippen LogP contribution in [-0.4, -0.2) is 33.8 Å². The minimum absolute atomic E-state index is 0.0828. The van der Waals surface area contributed by atoms with E-state index in [0.29, 0.717) is 18.7 Å². The predicted octanol–water partition coefficient (Wildman–Crippen LogP) is 3.17. The van der Waals surface area contributed by atoms with Crippen LogP contribution in [0.25, 0.3) is 11.0 Å². The van der Waals surface area contributed by atoms with E-state index in [1.807, 2.05) is 57.3 Å². The van der Waals surface area contributed by atoms with E-state index in [1.165, 1.54) is 0 Å². The lowest BCUT2D eigenvalue weighted by Crippen LogP contribution is -2.25. The van der Waals surface area contributed by atoms with E-state index in [4.69, 9.17) is 4.74 Å². The van der Waals surface area contributed by atoms with Crippen LogP contribution in [0.15, 0.2) is 36.4 Å². The molecule has 0 atom stereocenters. The monoisotopic (exact) mass is 352 g/mol. The molecule has 0 aliphatic heterocycles. The van der Waals surface area contributed by atoms with E-state index in [2.05, 4.69) is 15.4 Å². The normalized spacial score (nSPS) is 10.9. The molecule has 0 unspecified atom stereocenters. The van der Waals surface area contributed by atoms with Gasteiger partial charge in [-0.2, -0.15) is 5.10 Å². The fourth-order valence-corrected chi connectivity index (χ4v) is 2.98. The summed E-state index contributed by atoms with van der Waals surface area (Å²) in [5.74, 6) is 0.791. The Morgan fingerprint density at radius 1 is 1.19 bits per heavy atom.